The third-order valence-corrected chi connectivity index (χ3v) is 3.62. The van der Waals surface area contributed by atoms with E-state index in [4.69, 9.17) is 11.5 Å². The minimum atomic E-state index is -0.543. The average molecular weight is 271 g/mol. The maximum Gasteiger partial charge on any atom is 0.254 e. The molecule has 0 bridgehead atoms. The lowest BCUT2D eigenvalue weighted by molar-refractivity contribution is 0.100. The summed E-state index contributed by atoms with van der Waals surface area (Å²) < 4.78 is 1.72. The number of rotatable bonds is 3. The molecule has 1 saturated heterocycles. The normalized spacial score (nSPS) is 18.3. The number of hydrogen-bond acceptors (Lipinski definition) is 4. The number of hydrogen-bond donors (Lipinski definition) is 3. The largest absolute Gasteiger partial charge is 0.383 e. The van der Waals surface area contributed by atoms with Crippen molar-refractivity contribution in [2.24, 2.45) is 5.73 Å². The second kappa shape index (κ2) is 4.97. The van der Waals surface area contributed by atoms with E-state index in [0.29, 0.717) is 17.1 Å². The molecule has 2 aromatic rings. The van der Waals surface area contributed by atoms with Gasteiger partial charge in [-0.05, 0) is 13.0 Å². The quantitative estimate of drug-likeness (QED) is 0.767. The van der Waals surface area contributed by atoms with E-state index in [1.165, 1.54) is 0 Å². The molecule has 1 aliphatic rings. The summed E-state index contributed by atoms with van der Waals surface area (Å²) in [6.45, 7) is 1.73. The zero-order chi connectivity index (χ0) is 14.1. The highest BCUT2D eigenvalue weighted by molar-refractivity contribution is 6.03. The molecule has 5 N–H and O–H groups in total. The van der Waals surface area contributed by atoms with Gasteiger partial charge in [0.15, 0.2) is 0 Å². The SMILES string of the molecule is NC(=O)c1c(-c2ccccc2)nn(C2CCNC2)c1N. The second-order valence-electron chi connectivity index (χ2n) is 4.93. The molecule has 1 amide bonds. The van der Waals surface area contributed by atoms with Gasteiger partial charge in [-0.25, -0.2) is 4.68 Å². The van der Waals surface area contributed by atoms with Crippen LogP contribution in [-0.2, 0) is 0 Å². The monoisotopic (exact) mass is 271 g/mol. The lowest BCUT2D eigenvalue weighted by atomic mass is 10.1. The smallest absolute Gasteiger partial charge is 0.254 e. The van der Waals surface area contributed by atoms with Crippen LogP contribution in [0.1, 0.15) is 22.8 Å². The Kier molecular flexibility index (Phi) is 3.15. The Bertz CT molecular complexity index is 629. The topological polar surface area (TPSA) is 99.0 Å². The first-order chi connectivity index (χ1) is 9.68. The van der Waals surface area contributed by atoms with Gasteiger partial charge in [0, 0.05) is 12.1 Å². The van der Waals surface area contributed by atoms with Gasteiger partial charge in [0.1, 0.15) is 17.1 Å². The van der Waals surface area contributed by atoms with Crippen molar-refractivity contribution in [2.45, 2.75) is 12.5 Å². The predicted molar refractivity (Wildman–Crippen MR) is 77.1 cm³/mol. The summed E-state index contributed by atoms with van der Waals surface area (Å²) >= 11 is 0. The fourth-order valence-electron chi connectivity index (χ4n) is 2.61. The van der Waals surface area contributed by atoms with Crippen LogP contribution in [0.2, 0.25) is 0 Å². The first kappa shape index (κ1) is 12.7. The van der Waals surface area contributed by atoms with Crippen LogP contribution in [0.15, 0.2) is 30.3 Å². The average Bonchev–Trinajstić information content (AvgIpc) is 3.06. The van der Waals surface area contributed by atoms with Gasteiger partial charge in [0.25, 0.3) is 5.91 Å². The Morgan fingerprint density at radius 1 is 1.35 bits per heavy atom. The molecule has 0 aliphatic carbocycles. The van der Waals surface area contributed by atoms with Crippen LogP contribution in [0.3, 0.4) is 0 Å². The molecule has 20 heavy (non-hydrogen) atoms. The van der Waals surface area contributed by atoms with Crippen molar-refractivity contribution in [2.75, 3.05) is 18.8 Å². The highest BCUT2D eigenvalue weighted by Gasteiger charge is 2.26. The maximum atomic E-state index is 11.7. The molecule has 1 aromatic heterocycles. The molecule has 6 nitrogen and oxygen atoms in total. The Labute approximate surface area is 116 Å². The maximum absolute atomic E-state index is 11.7. The number of carbonyl (C=O) groups excluding carboxylic acids is 1. The Morgan fingerprint density at radius 3 is 2.70 bits per heavy atom. The van der Waals surface area contributed by atoms with Crippen molar-refractivity contribution in [3.63, 3.8) is 0 Å². The van der Waals surface area contributed by atoms with Gasteiger partial charge in [0.2, 0.25) is 0 Å². The lowest BCUT2D eigenvalue weighted by Gasteiger charge is -2.10. The van der Waals surface area contributed by atoms with Crippen molar-refractivity contribution in [1.82, 2.24) is 15.1 Å². The molecule has 0 radical (unpaired) electrons. The summed E-state index contributed by atoms with van der Waals surface area (Å²) in [6.07, 6.45) is 0.943. The fraction of sp³-hybridized carbons (Fsp3) is 0.286. The third-order valence-electron chi connectivity index (χ3n) is 3.62. The first-order valence-corrected chi connectivity index (χ1v) is 6.62. The van der Waals surface area contributed by atoms with Crippen molar-refractivity contribution >= 4 is 11.7 Å². The van der Waals surface area contributed by atoms with Crippen LogP contribution in [0.4, 0.5) is 5.82 Å². The van der Waals surface area contributed by atoms with Gasteiger partial charge in [-0.1, -0.05) is 30.3 Å². The van der Waals surface area contributed by atoms with E-state index < -0.39 is 5.91 Å². The summed E-state index contributed by atoms with van der Waals surface area (Å²) in [5.41, 5.74) is 13.3. The van der Waals surface area contributed by atoms with E-state index in [-0.39, 0.29) is 6.04 Å². The molecule has 0 saturated carbocycles. The molecule has 0 spiro atoms. The Morgan fingerprint density at radius 2 is 2.10 bits per heavy atom. The summed E-state index contributed by atoms with van der Waals surface area (Å²) in [5.74, 6) is -0.191. The van der Waals surface area contributed by atoms with E-state index >= 15 is 0 Å². The van der Waals surface area contributed by atoms with Crippen molar-refractivity contribution in [3.05, 3.63) is 35.9 Å². The van der Waals surface area contributed by atoms with Gasteiger partial charge in [-0.3, -0.25) is 4.79 Å². The number of carbonyl (C=O) groups is 1. The van der Waals surface area contributed by atoms with Crippen LogP contribution >= 0.6 is 0 Å². The number of primary amides is 1. The van der Waals surface area contributed by atoms with E-state index in [0.717, 1.165) is 25.1 Å². The van der Waals surface area contributed by atoms with Crippen LogP contribution in [0.5, 0.6) is 0 Å². The van der Waals surface area contributed by atoms with Gasteiger partial charge in [-0.15, -0.1) is 0 Å². The number of nitrogens with one attached hydrogen (secondary N) is 1. The lowest BCUT2D eigenvalue weighted by Crippen LogP contribution is -2.18. The molecular formula is C14H17N5O. The molecule has 2 heterocycles. The van der Waals surface area contributed by atoms with Crippen LogP contribution < -0.4 is 16.8 Å². The summed E-state index contributed by atoms with van der Waals surface area (Å²) in [6, 6.07) is 9.66. The van der Waals surface area contributed by atoms with Crippen LogP contribution in [0.25, 0.3) is 11.3 Å². The first-order valence-electron chi connectivity index (χ1n) is 6.62. The second-order valence-corrected chi connectivity index (χ2v) is 4.93. The standard InChI is InChI=1S/C14H17N5O/c15-13-11(14(16)20)12(9-4-2-1-3-5-9)18-19(13)10-6-7-17-8-10/h1-5,10,17H,6-8,15H2,(H2,16,20). The molecule has 6 heteroatoms. The highest BCUT2D eigenvalue weighted by Crippen LogP contribution is 2.30. The van der Waals surface area contributed by atoms with Gasteiger partial charge in [0.05, 0.1) is 6.04 Å². The fourth-order valence-corrected chi connectivity index (χ4v) is 2.61. The minimum absolute atomic E-state index is 0.172. The highest BCUT2D eigenvalue weighted by atomic mass is 16.1. The number of anilines is 1. The zero-order valence-electron chi connectivity index (χ0n) is 11.0. The molecule has 104 valence electrons. The van der Waals surface area contributed by atoms with E-state index in [9.17, 15) is 4.79 Å². The summed E-state index contributed by atoms with van der Waals surface area (Å²) in [5, 5.41) is 7.80. The van der Waals surface area contributed by atoms with Gasteiger partial charge in [-0.2, -0.15) is 5.10 Å². The predicted octanol–water partition coefficient (Wildman–Crippen LogP) is 0.766. The van der Waals surface area contributed by atoms with Crippen LogP contribution in [0, 0.1) is 0 Å². The van der Waals surface area contributed by atoms with Gasteiger partial charge < -0.3 is 16.8 Å². The number of nitrogen functional groups attached to an aromatic ring is 1. The number of aromatic nitrogens is 2. The van der Waals surface area contributed by atoms with Crippen molar-refractivity contribution < 1.29 is 4.79 Å². The summed E-state index contributed by atoms with van der Waals surface area (Å²) in [7, 11) is 0. The van der Waals surface area contributed by atoms with E-state index in [1.807, 2.05) is 30.3 Å². The molecule has 1 unspecified atom stereocenters. The number of nitrogens with zero attached hydrogens (tertiary/aromatic N) is 2. The van der Waals surface area contributed by atoms with Crippen molar-refractivity contribution in [3.8, 4) is 11.3 Å². The number of benzene rings is 1. The molecule has 1 atom stereocenters. The third kappa shape index (κ3) is 2.04. The van der Waals surface area contributed by atoms with Gasteiger partial charge >= 0.3 is 0 Å². The molecule has 3 rings (SSSR count). The Hall–Kier alpha value is -2.34. The number of amides is 1. The number of nitrogens with two attached hydrogens (primary N) is 2. The molecule has 1 aliphatic heterocycles. The molecule has 1 aromatic carbocycles. The van der Waals surface area contributed by atoms with E-state index in [1.54, 1.807) is 4.68 Å². The molecular weight excluding hydrogens is 254 g/mol. The van der Waals surface area contributed by atoms with E-state index in [2.05, 4.69) is 10.4 Å². The molecule has 1 fully saturated rings. The zero-order valence-corrected chi connectivity index (χ0v) is 11.0. The summed E-state index contributed by atoms with van der Waals surface area (Å²) in [4.78, 5) is 11.7. The van der Waals surface area contributed by atoms with Crippen molar-refractivity contribution in [1.29, 1.82) is 0 Å². The Balaban J connectivity index is 2.13. The van der Waals surface area contributed by atoms with Crippen LogP contribution in [-0.4, -0.2) is 28.8 Å². The minimum Gasteiger partial charge on any atom is -0.383 e.